The van der Waals surface area contributed by atoms with Crippen LogP contribution in [0.25, 0.3) is 0 Å². The Kier molecular flexibility index (Phi) is 4.42. The molecule has 114 valence electrons. The molecule has 1 fully saturated rings. The summed E-state index contributed by atoms with van der Waals surface area (Å²) >= 11 is 0. The van der Waals surface area contributed by atoms with Gasteiger partial charge in [-0.3, -0.25) is 0 Å². The number of carbonyl (C=O) groups is 1. The predicted molar refractivity (Wildman–Crippen MR) is 82.9 cm³/mol. The lowest BCUT2D eigenvalue weighted by Gasteiger charge is -2.21. The van der Waals surface area contributed by atoms with Crippen molar-refractivity contribution in [2.75, 3.05) is 11.9 Å². The minimum Gasteiger partial charge on any atom is -0.478 e. The van der Waals surface area contributed by atoms with E-state index in [1.807, 2.05) is 6.07 Å². The Balaban J connectivity index is 1.65. The first-order chi connectivity index (χ1) is 10.2. The number of nitrogens with zero attached hydrogens (tertiary/aromatic N) is 1. The van der Waals surface area contributed by atoms with E-state index in [2.05, 4.69) is 10.3 Å². The molecule has 3 rings (SSSR count). The van der Waals surface area contributed by atoms with Gasteiger partial charge in [0.1, 0.15) is 11.4 Å². The molecule has 0 amide bonds. The van der Waals surface area contributed by atoms with Gasteiger partial charge >= 0.3 is 5.97 Å². The number of rotatable bonds is 5. The summed E-state index contributed by atoms with van der Waals surface area (Å²) in [6, 6.07) is 1.82. The number of hydrogen-bond acceptors (Lipinski definition) is 3. The van der Waals surface area contributed by atoms with E-state index in [1.54, 1.807) is 0 Å². The average Bonchev–Trinajstić information content (AvgIpc) is 2.94. The van der Waals surface area contributed by atoms with Gasteiger partial charge in [-0.2, -0.15) is 0 Å². The molecule has 0 saturated heterocycles. The largest absolute Gasteiger partial charge is 0.478 e. The fourth-order valence-electron chi connectivity index (χ4n) is 3.64. The normalized spacial score (nSPS) is 18.5. The number of pyridine rings is 1. The topological polar surface area (TPSA) is 62.2 Å². The van der Waals surface area contributed by atoms with Crippen LogP contribution in [0, 0.1) is 5.92 Å². The molecule has 0 aromatic carbocycles. The second-order valence-electron chi connectivity index (χ2n) is 6.37. The minimum absolute atomic E-state index is 0.333. The number of carboxylic acids is 1. The quantitative estimate of drug-likeness (QED) is 0.868. The van der Waals surface area contributed by atoms with Gasteiger partial charge in [-0.05, 0) is 43.2 Å². The molecule has 0 radical (unpaired) electrons. The lowest BCUT2D eigenvalue weighted by molar-refractivity contribution is 0.0697. The lowest BCUT2D eigenvalue weighted by Crippen LogP contribution is -2.15. The van der Waals surface area contributed by atoms with Crippen molar-refractivity contribution in [1.29, 1.82) is 0 Å². The summed E-state index contributed by atoms with van der Waals surface area (Å²) in [7, 11) is 0. The van der Waals surface area contributed by atoms with E-state index in [0.717, 1.165) is 49.4 Å². The third-order valence-corrected chi connectivity index (χ3v) is 4.85. The van der Waals surface area contributed by atoms with E-state index in [9.17, 15) is 9.90 Å². The summed E-state index contributed by atoms with van der Waals surface area (Å²) in [4.78, 5) is 16.0. The second-order valence-corrected chi connectivity index (χ2v) is 6.37. The van der Waals surface area contributed by atoms with E-state index in [4.69, 9.17) is 0 Å². The number of aromatic nitrogens is 1. The number of anilines is 1. The second kappa shape index (κ2) is 6.46. The number of nitrogens with one attached hydrogen (secondary N) is 1. The Morgan fingerprint density at radius 3 is 2.81 bits per heavy atom. The molecule has 4 heteroatoms. The van der Waals surface area contributed by atoms with Crippen LogP contribution in [0.5, 0.6) is 0 Å². The van der Waals surface area contributed by atoms with Gasteiger partial charge in [0.25, 0.3) is 0 Å². The van der Waals surface area contributed by atoms with Crippen LogP contribution in [0.2, 0.25) is 0 Å². The third kappa shape index (κ3) is 3.36. The zero-order chi connectivity index (χ0) is 14.7. The molecule has 2 aliphatic rings. The molecule has 21 heavy (non-hydrogen) atoms. The zero-order valence-electron chi connectivity index (χ0n) is 12.5. The smallest absolute Gasteiger partial charge is 0.339 e. The molecule has 1 heterocycles. The summed E-state index contributed by atoms with van der Waals surface area (Å²) < 4.78 is 0. The first-order valence-electron chi connectivity index (χ1n) is 8.24. The molecule has 0 unspecified atom stereocenters. The number of hydrogen-bond donors (Lipinski definition) is 2. The first-order valence-corrected chi connectivity index (χ1v) is 8.24. The van der Waals surface area contributed by atoms with Crippen LogP contribution in [0.1, 0.15) is 66.6 Å². The Bertz CT molecular complexity index is 522. The molecule has 2 aliphatic carbocycles. The molecule has 0 atom stereocenters. The Morgan fingerprint density at radius 1 is 1.24 bits per heavy atom. The highest BCUT2D eigenvalue weighted by Gasteiger charge is 2.20. The summed E-state index contributed by atoms with van der Waals surface area (Å²) in [6.07, 6.45) is 10.9. The Labute approximate surface area is 126 Å². The molecular formula is C17H24N2O2. The molecule has 2 N–H and O–H groups in total. The number of fused-ring (bicyclic) bond motifs is 1. The van der Waals surface area contributed by atoms with Crippen molar-refractivity contribution >= 4 is 11.8 Å². The van der Waals surface area contributed by atoms with Gasteiger partial charge in [0.15, 0.2) is 0 Å². The van der Waals surface area contributed by atoms with Crippen LogP contribution >= 0.6 is 0 Å². The van der Waals surface area contributed by atoms with Crippen molar-refractivity contribution in [3.8, 4) is 0 Å². The Morgan fingerprint density at radius 2 is 2.05 bits per heavy atom. The molecule has 1 aromatic heterocycles. The zero-order valence-corrected chi connectivity index (χ0v) is 12.5. The minimum atomic E-state index is -0.877. The van der Waals surface area contributed by atoms with E-state index in [0.29, 0.717) is 11.4 Å². The standard InChI is InChI=1S/C17H24N2O2/c20-17(21)14-11-13-7-4-8-15(13)19-16(14)18-10-9-12-5-2-1-3-6-12/h11-12H,1-10H2,(H,18,19)(H,20,21). The highest BCUT2D eigenvalue weighted by atomic mass is 16.4. The van der Waals surface area contributed by atoms with Crippen LogP contribution < -0.4 is 5.32 Å². The van der Waals surface area contributed by atoms with Crippen LogP contribution in [-0.2, 0) is 12.8 Å². The van der Waals surface area contributed by atoms with Gasteiger partial charge in [0.05, 0.1) is 0 Å². The van der Waals surface area contributed by atoms with E-state index in [-0.39, 0.29) is 0 Å². The lowest BCUT2D eigenvalue weighted by atomic mass is 9.87. The fourth-order valence-corrected chi connectivity index (χ4v) is 3.64. The van der Waals surface area contributed by atoms with Crippen molar-refractivity contribution in [3.63, 3.8) is 0 Å². The van der Waals surface area contributed by atoms with Gasteiger partial charge in [-0.25, -0.2) is 9.78 Å². The molecule has 1 saturated carbocycles. The Hall–Kier alpha value is -1.58. The van der Waals surface area contributed by atoms with Crippen molar-refractivity contribution in [2.24, 2.45) is 5.92 Å². The molecular weight excluding hydrogens is 264 g/mol. The summed E-state index contributed by atoms with van der Waals surface area (Å²) in [5, 5.41) is 12.6. The van der Waals surface area contributed by atoms with E-state index in [1.165, 1.54) is 32.1 Å². The van der Waals surface area contributed by atoms with Crippen LogP contribution in [0.3, 0.4) is 0 Å². The third-order valence-electron chi connectivity index (χ3n) is 4.85. The SMILES string of the molecule is O=C(O)c1cc2c(nc1NCCC1CCCCC1)CCC2. The predicted octanol–water partition coefficient (Wildman–Crippen LogP) is 3.65. The fraction of sp³-hybridized carbons (Fsp3) is 0.647. The number of carboxylic acid groups (broad SMARTS) is 1. The summed E-state index contributed by atoms with van der Waals surface area (Å²) in [5.41, 5.74) is 2.53. The van der Waals surface area contributed by atoms with Crippen LogP contribution in [0.4, 0.5) is 5.82 Å². The molecule has 0 spiro atoms. The van der Waals surface area contributed by atoms with E-state index < -0.39 is 5.97 Å². The van der Waals surface area contributed by atoms with Crippen LogP contribution in [0.15, 0.2) is 6.07 Å². The van der Waals surface area contributed by atoms with Gasteiger partial charge in [-0.15, -0.1) is 0 Å². The van der Waals surface area contributed by atoms with Crippen molar-refractivity contribution < 1.29 is 9.90 Å². The van der Waals surface area contributed by atoms with Gasteiger partial charge < -0.3 is 10.4 Å². The van der Waals surface area contributed by atoms with Crippen molar-refractivity contribution in [2.45, 2.75) is 57.8 Å². The van der Waals surface area contributed by atoms with Crippen molar-refractivity contribution in [1.82, 2.24) is 4.98 Å². The maximum absolute atomic E-state index is 11.4. The molecule has 0 aliphatic heterocycles. The highest BCUT2D eigenvalue weighted by Crippen LogP contribution is 2.28. The van der Waals surface area contributed by atoms with Gasteiger partial charge in [0, 0.05) is 12.2 Å². The van der Waals surface area contributed by atoms with E-state index >= 15 is 0 Å². The van der Waals surface area contributed by atoms with Gasteiger partial charge in [0.2, 0.25) is 0 Å². The summed E-state index contributed by atoms with van der Waals surface area (Å²) in [5.74, 6) is 0.491. The van der Waals surface area contributed by atoms with Gasteiger partial charge in [-0.1, -0.05) is 32.1 Å². The average molecular weight is 288 g/mol. The monoisotopic (exact) mass is 288 g/mol. The number of aromatic carboxylic acids is 1. The molecule has 4 nitrogen and oxygen atoms in total. The van der Waals surface area contributed by atoms with Crippen LogP contribution in [-0.4, -0.2) is 22.6 Å². The number of aryl methyl sites for hydroxylation is 2. The summed E-state index contributed by atoms with van der Waals surface area (Å²) in [6.45, 7) is 0.830. The maximum atomic E-state index is 11.4. The highest BCUT2D eigenvalue weighted by molar-refractivity contribution is 5.93. The maximum Gasteiger partial charge on any atom is 0.339 e. The first kappa shape index (κ1) is 14.4. The molecule has 1 aromatic rings. The van der Waals surface area contributed by atoms with Crippen molar-refractivity contribution in [3.05, 3.63) is 22.9 Å². The molecule has 0 bridgehead atoms.